The molecule has 0 aliphatic rings. The lowest BCUT2D eigenvalue weighted by atomic mass is 9.96. The van der Waals surface area contributed by atoms with Crippen molar-refractivity contribution >= 4 is 0 Å². The number of hydrogen-bond donors (Lipinski definition) is 3. The Morgan fingerprint density at radius 1 is 0.789 bits per heavy atom. The van der Waals surface area contributed by atoms with E-state index in [0.29, 0.717) is 0 Å². The summed E-state index contributed by atoms with van der Waals surface area (Å²) in [6.45, 7) is 4.11. The number of rotatable bonds is 3. The fraction of sp³-hybridized carbons (Fsp3) is 0.250. The highest BCUT2D eigenvalue weighted by Crippen LogP contribution is 2.43. The summed E-state index contributed by atoms with van der Waals surface area (Å²) >= 11 is 0. The number of aromatic hydroxyl groups is 3. The van der Waals surface area contributed by atoms with Gasteiger partial charge in [0.15, 0.2) is 11.5 Å². The lowest BCUT2D eigenvalue weighted by Gasteiger charge is -2.12. The monoisotopic (exact) mass is 258 g/mol. The van der Waals surface area contributed by atoms with Crippen LogP contribution in [0, 0.1) is 0 Å². The lowest BCUT2D eigenvalue weighted by Crippen LogP contribution is -1.90. The third kappa shape index (κ3) is 2.50. The molecule has 0 spiro atoms. The van der Waals surface area contributed by atoms with E-state index in [1.807, 2.05) is 12.1 Å². The zero-order valence-corrected chi connectivity index (χ0v) is 11.1. The normalized spacial score (nSPS) is 10.6. The van der Waals surface area contributed by atoms with Crippen LogP contribution >= 0.6 is 0 Å². The van der Waals surface area contributed by atoms with Crippen LogP contribution in [0.2, 0.25) is 0 Å². The fourth-order valence-electron chi connectivity index (χ4n) is 2.17. The van der Waals surface area contributed by atoms with Crippen LogP contribution in [0.4, 0.5) is 0 Å². The molecular formula is C16H18O3. The average Bonchev–Trinajstić information content (AvgIpc) is 2.43. The van der Waals surface area contributed by atoms with E-state index in [1.54, 1.807) is 0 Å². The smallest absolute Gasteiger partial charge is 0.169 e. The summed E-state index contributed by atoms with van der Waals surface area (Å²) in [5.74, 6) is -0.548. The standard InChI is InChI=1S/C16H18O3/c1-3-10-7-11(4-2)9-12(8-10)15-13(17)5-6-14(18)16(15)19/h5-9,17-19H,3-4H2,1-2H3. The van der Waals surface area contributed by atoms with E-state index >= 15 is 0 Å². The summed E-state index contributed by atoms with van der Waals surface area (Å²) in [6.07, 6.45) is 1.75. The van der Waals surface area contributed by atoms with Gasteiger partial charge in [-0.15, -0.1) is 0 Å². The molecule has 0 unspecified atom stereocenters. The highest BCUT2D eigenvalue weighted by atomic mass is 16.3. The molecule has 0 amide bonds. The zero-order valence-electron chi connectivity index (χ0n) is 11.1. The van der Waals surface area contributed by atoms with Gasteiger partial charge in [-0.1, -0.05) is 32.0 Å². The van der Waals surface area contributed by atoms with Crippen LogP contribution in [0.5, 0.6) is 17.2 Å². The second-order valence-electron chi connectivity index (χ2n) is 4.57. The number of phenols is 3. The van der Waals surface area contributed by atoms with E-state index < -0.39 is 0 Å². The van der Waals surface area contributed by atoms with E-state index in [1.165, 1.54) is 12.1 Å². The summed E-state index contributed by atoms with van der Waals surface area (Å²) < 4.78 is 0. The molecule has 0 saturated carbocycles. The third-order valence-electron chi connectivity index (χ3n) is 3.29. The van der Waals surface area contributed by atoms with E-state index in [2.05, 4.69) is 19.9 Å². The molecule has 3 N–H and O–H groups in total. The minimum Gasteiger partial charge on any atom is -0.507 e. The third-order valence-corrected chi connectivity index (χ3v) is 3.29. The van der Waals surface area contributed by atoms with Gasteiger partial charge in [-0.2, -0.15) is 0 Å². The fourth-order valence-corrected chi connectivity index (χ4v) is 2.17. The van der Waals surface area contributed by atoms with Crippen molar-refractivity contribution in [2.45, 2.75) is 26.7 Å². The maximum Gasteiger partial charge on any atom is 0.169 e. The molecule has 100 valence electrons. The van der Waals surface area contributed by atoms with Gasteiger partial charge in [0.05, 0.1) is 5.56 Å². The molecule has 2 rings (SSSR count). The number of benzene rings is 2. The van der Waals surface area contributed by atoms with Crippen molar-refractivity contribution in [3.63, 3.8) is 0 Å². The van der Waals surface area contributed by atoms with E-state index in [0.717, 1.165) is 29.5 Å². The second kappa shape index (κ2) is 5.22. The molecule has 0 fully saturated rings. The molecule has 0 atom stereocenters. The van der Waals surface area contributed by atoms with Crippen molar-refractivity contribution in [2.75, 3.05) is 0 Å². The summed E-state index contributed by atoms with van der Waals surface area (Å²) in [7, 11) is 0. The molecule has 3 heteroatoms. The van der Waals surface area contributed by atoms with E-state index in [9.17, 15) is 15.3 Å². The summed E-state index contributed by atoms with van der Waals surface area (Å²) in [6, 6.07) is 8.62. The molecule has 0 heterocycles. The van der Waals surface area contributed by atoms with Gasteiger partial charge in [0, 0.05) is 0 Å². The predicted octanol–water partition coefficient (Wildman–Crippen LogP) is 3.60. The molecule has 0 aliphatic carbocycles. The summed E-state index contributed by atoms with van der Waals surface area (Å²) in [4.78, 5) is 0. The van der Waals surface area contributed by atoms with Crippen molar-refractivity contribution in [3.8, 4) is 28.4 Å². The Kier molecular flexibility index (Phi) is 3.65. The largest absolute Gasteiger partial charge is 0.507 e. The van der Waals surface area contributed by atoms with Crippen molar-refractivity contribution < 1.29 is 15.3 Å². The summed E-state index contributed by atoms with van der Waals surface area (Å²) in [5, 5.41) is 29.5. The van der Waals surface area contributed by atoms with Crippen molar-refractivity contribution in [1.82, 2.24) is 0 Å². The van der Waals surface area contributed by atoms with Gasteiger partial charge in [-0.25, -0.2) is 0 Å². The molecule has 2 aromatic rings. The van der Waals surface area contributed by atoms with Crippen LogP contribution in [-0.4, -0.2) is 15.3 Å². The highest BCUT2D eigenvalue weighted by molar-refractivity contribution is 5.79. The molecule has 2 aromatic carbocycles. The van der Waals surface area contributed by atoms with Crippen LogP contribution in [-0.2, 0) is 12.8 Å². The lowest BCUT2D eigenvalue weighted by molar-refractivity contribution is 0.398. The van der Waals surface area contributed by atoms with Crippen LogP contribution < -0.4 is 0 Å². The first-order chi connectivity index (χ1) is 9.06. The molecule has 3 nitrogen and oxygen atoms in total. The molecule has 0 radical (unpaired) electrons. The van der Waals surface area contributed by atoms with E-state index in [-0.39, 0.29) is 22.8 Å². The molecule has 0 bridgehead atoms. The maximum absolute atomic E-state index is 9.95. The average molecular weight is 258 g/mol. The van der Waals surface area contributed by atoms with Crippen LogP contribution in [0.15, 0.2) is 30.3 Å². The second-order valence-corrected chi connectivity index (χ2v) is 4.57. The van der Waals surface area contributed by atoms with Gasteiger partial charge in [-0.3, -0.25) is 0 Å². The first kappa shape index (κ1) is 13.3. The Balaban J connectivity index is 2.68. The topological polar surface area (TPSA) is 60.7 Å². The Hall–Kier alpha value is -2.16. The Morgan fingerprint density at radius 2 is 1.32 bits per heavy atom. The van der Waals surface area contributed by atoms with Crippen LogP contribution in [0.25, 0.3) is 11.1 Å². The van der Waals surface area contributed by atoms with Crippen LogP contribution in [0.3, 0.4) is 0 Å². The van der Waals surface area contributed by atoms with Gasteiger partial charge in [-0.05, 0) is 41.7 Å². The predicted molar refractivity (Wildman–Crippen MR) is 75.6 cm³/mol. The summed E-state index contributed by atoms with van der Waals surface area (Å²) in [5.41, 5.74) is 3.28. The first-order valence-electron chi connectivity index (χ1n) is 6.43. The Labute approximate surface area is 112 Å². The molecular weight excluding hydrogens is 240 g/mol. The molecule has 0 aromatic heterocycles. The number of aryl methyl sites for hydroxylation is 2. The Bertz CT molecular complexity index is 581. The van der Waals surface area contributed by atoms with Gasteiger partial charge < -0.3 is 15.3 Å². The zero-order chi connectivity index (χ0) is 14.0. The maximum atomic E-state index is 9.95. The SMILES string of the molecule is CCc1cc(CC)cc(-c2c(O)ccc(O)c2O)c1. The van der Waals surface area contributed by atoms with Gasteiger partial charge in [0.2, 0.25) is 0 Å². The minimum absolute atomic E-state index is 0.0365. The molecule has 0 saturated heterocycles. The highest BCUT2D eigenvalue weighted by Gasteiger charge is 2.14. The van der Waals surface area contributed by atoms with Gasteiger partial charge in [0.1, 0.15) is 5.75 Å². The quantitative estimate of drug-likeness (QED) is 0.582. The minimum atomic E-state index is -0.282. The first-order valence-corrected chi connectivity index (χ1v) is 6.43. The van der Waals surface area contributed by atoms with Crippen LogP contribution in [0.1, 0.15) is 25.0 Å². The van der Waals surface area contributed by atoms with Crippen molar-refractivity contribution in [1.29, 1.82) is 0 Å². The Morgan fingerprint density at radius 3 is 1.84 bits per heavy atom. The number of phenolic OH excluding ortho intramolecular Hbond substituents is 3. The van der Waals surface area contributed by atoms with Gasteiger partial charge >= 0.3 is 0 Å². The van der Waals surface area contributed by atoms with Crippen molar-refractivity contribution in [2.24, 2.45) is 0 Å². The van der Waals surface area contributed by atoms with E-state index in [4.69, 9.17) is 0 Å². The number of hydrogen-bond acceptors (Lipinski definition) is 3. The molecule has 0 aliphatic heterocycles. The van der Waals surface area contributed by atoms with Crippen molar-refractivity contribution in [3.05, 3.63) is 41.5 Å². The van der Waals surface area contributed by atoms with Gasteiger partial charge in [0.25, 0.3) is 0 Å². The molecule has 19 heavy (non-hydrogen) atoms.